The molecule has 1 rings (SSSR count). The van der Waals surface area contributed by atoms with Crippen molar-refractivity contribution < 1.29 is 4.39 Å². The summed E-state index contributed by atoms with van der Waals surface area (Å²) in [6, 6.07) is 3.21. The molecule has 3 nitrogen and oxygen atoms in total. The van der Waals surface area contributed by atoms with Crippen LogP contribution in [0.4, 0.5) is 4.39 Å². The van der Waals surface area contributed by atoms with Crippen molar-refractivity contribution >= 4 is 0 Å². The molecule has 0 amide bonds. The SMILES string of the molecule is N#Cc1ccnc(CF)n1. The molecular formula is C6H4FN3. The number of hydrogen-bond acceptors (Lipinski definition) is 3. The topological polar surface area (TPSA) is 49.6 Å². The average molecular weight is 137 g/mol. The van der Waals surface area contributed by atoms with Crippen molar-refractivity contribution in [2.75, 3.05) is 0 Å². The molecule has 0 fully saturated rings. The Morgan fingerprint density at radius 2 is 2.50 bits per heavy atom. The van der Waals surface area contributed by atoms with Crippen LogP contribution in [0.5, 0.6) is 0 Å². The molecule has 1 heterocycles. The molecule has 1 aromatic rings. The third kappa shape index (κ3) is 1.26. The van der Waals surface area contributed by atoms with Gasteiger partial charge in [0.2, 0.25) is 0 Å². The molecule has 0 N–H and O–H groups in total. The minimum Gasteiger partial charge on any atom is -0.242 e. The van der Waals surface area contributed by atoms with Crippen LogP contribution in [0.1, 0.15) is 11.5 Å². The monoisotopic (exact) mass is 137 g/mol. The van der Waals surface area contributed by atoms with Crippen LogP contribution in [0, 0.1) is 11.3 Å². The van der Waals surface area contributed by atoms with Crippen molar-refractivity contribution in [3.63, 3.8) is 0 Å². The van der Waals surface area contributed by atoms with Crippen LogP contribution in [-0.2, 0) is 6.67 Å². The van der Waals surface area contributed by atoms with E-state index < -0.39 is 6.67 Å². The first kappa shape index (κ1) is 6.62. The molecule has 0 saturated carbocycles. The van der Waals surface area contributed by atoms with Crippen LogP contribution in [0.15, 0.2) is 12.3 Å². The zero-order valence-electron chi connectivity index (χ0n) is 5.08. The molecule has 0 saturated heterocycles. The highest BCUT2D eigenvalue weighted by Gasteiger charge is 1.95. The first-order chi connectivity index (χ1) is 4.86. The predicted octanol–water partition coefficient (Wildman–Crippen LogP) is 0.818. The van der Waals surface area contributed by atoms with Crippen molar-refractivity contribution in [3.8, 4) is 6.07 Å². The maximum atomic E-state index is 11.8. The van der Waals surface area contributed by atoms with Crippen LogP contribution in [-0.4, -0.2) is 9.97 Å². The third-order valence-electron chi connectivity index (χ3n) is 0.940. The smallest absolute Gasteiger partial charge is 0.160 e. The van der Waals surface area contributed by atoms with Gasteiger partial charge in [-0.15, -0.1) is 0 Å². The lowest BCUT2D eigenvalue weighted by atomic mass is 10.4. The molecule has 0 bridgehead atoms. The number of nitrogens with zero attached hydrogens (tertiary/aromatic N) is 3. The van der Waals surface area contributed by atoms with Crippen LogP contribution >= 0.6 is 0 Å². The first-order valence-corrected chi connectivity index (χ1v) is 2.65. The molecule has 0 spiro atoms. The molecule has 0 aliphatic rings. The molecule has 0 atom stereocenters. The Kier molecular flexibility index (Phi) is 1.90. The van der Waals surface area contributed by atoms with Gasteiger partial charge in [-0.3, -0.25) is 0 Å². The van der Waals surface area contributed by atoms with E-state index in [9.17, 15) is 4.39 Å². The van der Waals surface area contributed by atoms with E-state index in [2.05, 4.69) is 9.97 Å². The number of rotatable bonds is 1. The van der Waals surface area contributed by atoms with E-state index in [1.165, 1.54) is 12.3 Å². The van der Waals surface area contributed by atoms with E-state index in [4.69, 9.17) is 5.26 Å². The Hall–Kier alpha value is -1.50. The highest BCUT2D eigenvalue weighted by Crippen LogP contribution is 1.94. The van der Waals surface area contributed by atoms with Crippen molar-refractivity contribution in [3.05, 3.63) is 23.8 Å². The Bertz CT molecular complexity index is 266. The fourth-order valence-electron chi connectivity index (χ4n) is 0.526. The lowest BCUT2D eigenvalue weighted by Crippen LogP contribution is -1.92. The molecule has 0 aliphatic carbocycles. The van der Waals surface area contributed by atoms with Crippen molar-refractivity contribution in [2.24, 2.45) is 0 Å². The van der Waals surface area contributed by atoms with E-state index in [0.29, 0.717) is 0 Å². The van der Waals surface area contributed by atoms with Crippen molar-refractivity contribution in [1.29, 1.82) is 5.26 Å². The second-order valence-corrected chi connectivity index (χ2v) is 1.60. The fourth-order valence-corrected chi connectivity index (χ4v) is 0.526. The summed E-state index contributed by atoms with van der Waals surface area (Å²) in [4.78, 5) is 7.13. The Morgan fingerprint density at radius 1 is 1.70 bits per heavy atom. The molecule has 0 unspecified atom stereocenters. The fraction of sp³-hybridized carbons (Fsp3) is 0.167. The molecule has 10 heavy (non-hydrogen) atoms. The number of nitriles is 1. The number of aromatic nitrogens is 2. The molecule has 0 aromatic carbocycles. The lowest BCUT2D eigenvalue weighted by molar-refractivity contribution is 0.465. The summed E-state index contributed by atoms with van der Waals surface area (Å²) in [5.41, 5.74) is 0.197. The second kappa shape index (κ2) is 2.87. The summed E-state index contributed by atoms with van der Waals surface area (Å²) >= 11 is 0. The van der Waals surface area contributed by atoms with Gasteiger partial charge in [0, 0.05) is 6.20 Å². The Balaban J connectivity index is 3.01. The molecule has 1 aromatic heterocycles. The molecule has 0 radical (unpaired) electrons. The van der Waals surface area contributed by atoms with Crippen LogP contribution in [0.3, 0.4) is 0 Å². The third-order valence-corrected chi connectivity index (χ3v) is 0.940. The van der Waals surface area contributed by atoms with E-state index >= 15 is 0 Å². The maximum Gasteiger partial charge on any atom is 0.160 e. The Morgan fingerprint density at radius 3 is 3.10 bits per heavy atom. The summed E-state index contributed by atoms with van der Waals surface area (Å²) in [5.74, 6) is 0.0547. The predicted molar refractivity (Wildman–Crippen MR) is 31.6 cm³/mol. The van der Waals surface area contributed by atoms with Gasteiger partial charge in [-0.1, -0.05) is 0 Å². The highest BCUT2D eigenvalue weighted by atomic mass is 19.1. The molecule has 50 valence electrons. The van der Waals surface area contributed by atoms with Gasteiger partial charge in [0.1, 0.15) is 18.4 Å². The quantitative estimate of drug-likeness (QED) is 0.575. The number of alkyl halides is 1. The summed E-state index contributed by atoms with van der Waals surface area (Å²) in [7, 11) is 0. The summed E-state index contributed by atoms with van der Waals surface area (Å²) in [6.07, 6.45) is 1.36. The number of hydrogen-bond donors (Lipinski definition) is 0. The summed E-state index contributed by atoms with van der Waals surface area (Å²) < 4.78 is 11.8. The van der Waals surface area contributed by atoms with E-state index in [-0.39, 0.29) is 11.5 Å². The molecular weight excluding hydrogens is 133 g/mol. The van der Waals surface area contributed by atoms with Gasteiger partial charge < -0.3 is 0 Å². The second-order valence-electron chi connectivity index (χ2n) is 1.60. The standard InChI is InChI=1S/C6H4FN3/c7-3-6-9-2-1-5(4-8)10-6/h1-2H,3H2. The van der Waals surface area contributed by atoms with Gasteiger partial charge in [0.05, 0.1) is 0 Å². The molecule has 4 heteroatoms. The largest absolute Gasteiger partial charge is 0.242 e. The summed E-state index contributed by atoms with van der Waals surface area (Å²) in [5, 5.41) is 8.29. The van der Waals surface area contributed by atoms with E-state index in [1.807, 2.05) is 0 Å². The molecule has 0 aliphatic heterocycles. The minimum absolute atomic E-state index is 0.0547. The normalized spacial score (nSPS) is 8.80. The van der Waals surface area contributed by atoms with Gasteiger partial charge in [0.25, 0.3) is 0 Å². The summed E-state index contributed by atoms with van der Waals surface area (Å²) in [6.45, 7) is -0.727. The highest BCUT2D eigenvalue weighted by molar-refractivity contribution is 5.17. The van der Waals surface area contributed by atoms with Gasteiger partial charge in [-0.2, -0.15) is 5.26 Å². The van der Waals surface area contributed by atoms with Crippen molar-refractivity contribution in [2.45, 2.75) is 6.67 Å². The van der Waals surface area contributed by atoms with Crippen LogP contribution in [0.25, 0.3) is 0 Å². The van der Waals surface area contributed by atoms with Gasteiger partial charge in [0.15, 0.2) is 5.82 Å². The Labute approximate surface area is 57.2 Å². The van der Waals surface area contributed by atoms with Gasteiger partial charge >= 0.3 is 0 Å². The zero-order chi connectivity index (χ0) is 7.40. The minimum atomic E-state index is -0.727. The zero-order valence-corrected chi connectivity index (χ0v) is 5.08. The van der Waals surface area contributed by atoms with Gasteiger partial charge in [-0.25, -0.2) is 14.4 Å². The van der Waals surface area contributed by atoms with Crippen LogP contribution < -0.4 is 0 Å². The number of halogens is 1. The van der Waals surface area contributed by atoms with E-state index in [0.717, 1.165) is 0 Å². The van der Waals surface area contributed by atoms with Crippen molar-refractivity contribution in [1.82, 2.24) is 9.97 Å². The van der Waals surface area contributed by atoms with Gasteiger partial charge in [-0.05, 0) is 6.07 Å². The first-order valence-electron chi connectivity index (χ1n) is 2.65. The maximum absolute atomic E-state index is 11.8. The van der Waals surface area contributed by atoms with E-state index in [1.54, 1.807) is 6.07 Å². The average Bonchev–Trinajstić information content (AvgIpc) is 2.05. The van der Waals surface area contributed by atoms with Crippen LogP contribution in [0.2, 0.25) is 0 Å². The lowest BCUT2D eigenvalue weighted by Gasteiger charge is -1.89.